The number of fused-ring (bicyclic) bond motifs is 1. The Bertz CT molecular complexity index is 1840. The summed E-state index contributed by atoms with van der Waals surface area (Å²) in [4.78, 5) is 33.3. The summed E-state index contributed by atoms with van der Waals surface area (Å²) in [5.74, 6) is -6.29. The van der Waals surface area contributed by atoms with Crippen LogP contribution in [0.2, 0.25) is 5.02 Å². The molecule has 39 heavy (non-hydrogen) atoms. The molecule has 4 heterocycles. The van der Waals surface area contributed by atoms with Crippen molar-refractivity contribution in [2.45, 2.75) is 25.3 Å². The molecule has 1 aliphatic carbocycles. The maximum atomic E-state index is 14.1. The van der Waals surface area contributed by atoms with Gasteiger partial charge in [-0.25, -0.2) is 36.3 Å². The number of aromatic nitrogens is 4. The van der Waals surface area contributed by atoms with Crippen LogP contribution in [-0.2, 0) is 6.54 Å². The Hall–Kier alpha value is -4.18. The molecular weight excluding hydrogens is 547 g/mol. The molecule has 1 aromatic carbocycles. The van der Waals surface area contributed by atoms with Crippen LogP contribution in [0.25, 0.3) is 22.6 Å². The van der Waals surface area contributed by atoms with Crippen molar-refractivity contribution < 1.29 is 22.0 Å². The Balaban J connectivity index is 1.63. The number of anilines is 1. The molecule has 8 nitrogen and oxygen atoms in total. The minimum atomic E-state index is -2.80. The molecule has 14 heteroatoms. The first-order valence-electron chi connectivity index (χ1n) is 11.6. The summed E-state index contributed by atoms with van der Waals surface area (Å²) >= 11 is 5.99. The van der Waals surface area contributed by atoms with Gasteiger partial charge in [-0.1, -0.05) is 17.7 Å². The number of imidazole rings is 1. The van der Waals surface area contributed by atoms with E-state index < -0.39 is 46.6 Å². The predicted molar refractivity (Wildman–Crippen MR) is 130 cm³/mol. The van der Waals surface area contributed by atoms with Crippen molar-refractivity contribution in [3.63, 3.8) is 0 Å². The van der Waals surface area contributed by atoms with Crippen LogP contribution < -0.4 is 16.1 Å². The lowest BCUT2D eigenvalue weighted by Gasteiger charge is -2.59. The smallest absolute Gasteiger partial charge is 0.339 e. The van der Waals surface area contributed by atoms with E-state index in [9.17, 15) is 36.8 Å². The molecule has 2 fully saturated rings. The van der Waals surface area contributed by atoms with Crippen molar-refractivity contribution in [2.75, 3.05) is 18.0 Å². The first-order chi connectivity index (χ1) is 18.4. The number of halogens is 6. The van der Waals surface area contributed by atoms with Gasteiger partial charge in [0.25, 0.3) is 5.56 Å². The maximum Gasteiger partial charge on any atom is 0.339 e. The van der Waals surface area contributed by atoms with Gasteiger partial charge in [0.2, 0.25) is 5.92 Å². The lowest BCUT2D eigenvalue weighted by molar-refractivity contribution is -0.170. The van der Waals surface area contributed by atoms with Gasteiger partial charge in [-0.3, -0.25) is 13.8 Å². The van der Waals surface area contributed by atoms with Crippen molar-refractivity contribution in [3.8, 4) is 23.0 Å². The largest absolute Gasteiger partial charge is 0.356 e. The zero-order valence-electron chi connectivity index (χ0n) is 19.8. The SMILES string of the molecule is N#CCn1c(N2CC3(C2)CC(F)(F)C3)c(-c2ccc(F)c(Cl)c2)c(=O)n(-c2cnc3cc(F)c(F)cn23)c1=O. The molecule has 1 saturated carbocycles. The summed E-state index contributed by atoms with van der Waals surface area (Å²) in [6, 6.07) is 6.07. The normalized spacial score (nSPS) is 17.2. The number of alkyl halides is 2. The molecule has 0 N–H and O–H groups in total. The Kier molecular flexibility index (Phi) is 5.42. The second kappa shape index (κ2) is 8.41. The summed E-state index contributed by atoms with van der Waals surface area (Å²) in [5.41, 5.74) is -2.82. The number of rotatable bonds is 4. The van der Waals surface area contributed by atoms with Gasteiger partial charge in [-0.2, -0.15) is 5.26 Å². The van der Waals surface area contributed by atoms with Gasteiger partial charge >= 0.3 is 5.69 Å². The van der Waals surface area contributed by atoms with Crippen LogP contribution in [0.1, 0.15) is 12.8 Å². The first kappa shape index (κ1) is 25.1. The molecule has 0 atom stereocenters. The third kappa shape index (κ3) is 3.81. The number of nitriles is 1. The molecule has 6 rings (SSSR count). The highest BCUT2D eigenvalue weighted by Gasteiger charge is 2.62. The van der Waals surface area contributed by atoms with Gasteiger partial charge in [-0.15, -0.1) is 0 Å². The fraction of sp³-hybridized carbons (Fsp3) is 0.280. The van der Waals surface area contributed by atoms with Crippen LogP contribution in [0.5, 0.6) is 0 Å². The van der Waals surface area contributed by atoms with Gasteiger partial charge in [0.15, 0.2) is 11.6 Å². The van der Waals surface area contributed by atoms with Crippen LogP contribution in [0.3, 0.4) is 0 Å². The van der Waals surface area contributed by atoms with E-state index in [0.29, 0.717) is 10.8 Å². The standard InChI is InChI=1S/C25H16ClF5N6O2/c26-14-5-13(1-2-15(14)27)20-21(34-11-24(12-34)9-25(30,31)10-24)35(4-3-32)23(39)37(22(20)38)19-7-33-18-6-16(28)17(29)8-36(18)19/h1-2,5-8H,4,9-12H2. The summed E-state index contributed by atoms with van der Waals surface area (Å²) in [7, 11) is 0. The zero-order chi connectivity index (χ0) is 27.9. The third-order valence-corrected chi connectivity index (χ3v) is 7.43. The van der Waals surface area contributed by atoms with E-state index in [4.69, 9.17) is 11.6 Å². The highest BCUT2D eigenvalue weighted by molar-refractivity contribution is 6.31. The maximum absolute atomic E-state index is 14.1. The topological polar surface area (TPSA) is 88.3 Å². The fourth-order valence-electron chi connectivity index (χ4n) is 5.60. The molecule has 200 valence electrons. The van der Waals surface area contributed by atoms with E-state index in [1.165, 1.54) is 12.1 Å². The van der Waals surface area contributed by atoms with Crippen molar-refractivity contribution in [2.24, 2.45) is 5.41 Å². The molecular formula is C25H16ClF5N6O2. The van der Waals surface area contributed by atoms with E-state index in [1.807, 2.05) is 6.07 Å². The van der Waals surface area contributed by atoms with Crippen LogP contribution in [0.15, 0.2) is 46.2 Å². The molecule has 4 aromatic rings. The highest BCUT2D eigenvalue weighted by Crippen LogP contribution is 2.57. The van der Waals surface area contributed by atoms with Gasteiger partial charge < -0.3 is 4.90 Å². The first-order valence-corrected chi connectivity index (χ1v) is 12.0. The number of benzene rings is 1. The molecule has 0 amide bonds. The zero-order valence-corrected chi connectivity index (χ0v) is 20.5. The van der Waals surface area contributed by atoms with Crippen LogP contribution >= 0.6 is 11.6 Å². The summed E-state index contributed by atoms with van der Waals surface area (Å²) in [6.07, 6.45) is 1.07. The number of pyridine rings is 1. The third-order valence-electron chi connectivity index (χ3n) is 7.14. The van der Waals surface area contributed by atoms with Gasteiger partial charge in [0.1, 0.15) is 29.6 Å². The Morgan fingerprint density at radius 3 is 2.41 bits per heavy atom. The minimum Gasteiger partial charge on any atom is -0.356 e. The van der Waals surface area contributed by atoms with Crippen molar-refractivity contribution in [3.05, 3.63) is 80.0 Å². The second-order valence-corrected chi connectivity index (χ2v) is 10.3. The van der Waals surface area contributed by atoms with E-state index in [2.05, 4.69) is 4.98 Å². The van der Waals surface area contributed by atoms with Gasteiger partial charge in [0, 0.05) is 37.4 Å². The molecule has 0 unspecified atom stereocenters. The molecule has 3 aromatic heterocycles. The lowest BCUT2D eigenvalue weighted by Crippen LogP contribution is -2.67. The molecule has 1 aliphatic heterocycles. The van der Waals surface area contributed by atoms with Crippen molar-refractivity contribution >= 4 is 23.1 Å². The lowest BCUT2D eigenvalue weighted by atomic mass is 9.61. The number of nitrogens with zero attached hydrogens (tertiary/aromatic N) is 6. The molecule has 0 bridgehead atoms. The molecule has 2 aliphatic rings. The van der Waals surface area contributed by atoms with Crippen LogP contribution in [0.4, 0.5) is 27.8 Å². The summed E-state index contributed by atoms with van der Waals surface area (Å²) < 4.78 is 71.8. The fourth-order valence-corrected chi connectivity index (χ4v) is 5.78. The quantitative estimate of drug-likeness (QED) is 0.349. The second-order valence-electron chi connectivity index (χ2n) is 9.87. The Morgan fingerprint density at radius 2 is 1.77 bits per heavy atom. The summed E-state index contributed by atoms with van der Waals surface area (Å²) in [5, 5.41) is 9.22. The Morgan fingerprint density at radius 1 is 1.05 bits per heavy atom. The number of hydrogen-bond donors (Lipinski definition) is 0. The molecule has 0 radical (unpaired) electrons. The average Bonchev–Trinajstić information content (AvgIpc) is 3.22. The molecule has 1 spiro atoms. The summed E-state index contributed by atoms with van der Waals surface area (Å²) in [6.45, 7) is -0.354. The minimum absolute atomic E-state index is 0.0163. The van der Waals surface area contributed by atoms with Crippen LogP contribution in [0, 0.1) is 34.2 Å². The highest BCUT2D eigenvalue weighted by atomic mass is 35.5. The van der Waals surface area contributed by atoms with Crippen LogP contribution in [-0.4, -0.2) is 37.5 Å². The number of hydrogen-bond acceptors (Lipinski definition) is 5. The Labute approximate surface area is 220 Å². The molecule has 1 saturated heterocycles. The predicted octanol–water partition coefficient (Wildman–Crippen LogP) is 4.14. The van der Waals surface area contributed by atoms with E-state index >= 15 is 0 Å². The van der Waals surface area contributed by atoms with E-state index in [1.54, 1.807) is 4.90 Å². The average molecular weight is 563 g/mol. The van der Waals surface area contributed by atoms with E-state index in [0.717, 1.165) is 27.3 Å². The monoisotopic (exact) mass is 562 g/mol. The van der Waals surface area contributed by atoms with Gasteiger partial charge in [-0.05, 0) is 17.7 Å². The van der Waals surface area contributed by atoms with Gasteiger partial charge in [0.05, 0.1) is 29.0 Å². The van der Waals surface area contributed by atoms with E-state index in [-0.39, 0.29) is 59.4 Å². The van der Waals surface area contributed by atoms with Crippen molar-refractivity contribution in [1.82, 2.24) is 18.5 Å². The van der Waals surface area contributed by atoms with Crippen molar-refractivity contribution in [1.29, 1.82) is 5.26 Å².